The van der Waals surface area contributed by atoms with E-state index in [9.17, 15) is 9.90 Å². The molecule has 2 fully saturated rings. The molecule has 3 N–H and O–H groups in total. The van der Waals surface area contributed by atoms with E-state index in [4.69, 9.17) is 4.98 Å². The second-order valence-corrected chi connectivity index (χ2v) is 10.5. The molecular weight excluding hydrogens is 456 g/mol. The van der Waals surface area contributed by atoms with Crippen LogP contribution in [0.1, 0.15) is 49.5 Å². The molecule has 3 aliphatic rings. The molecule has 0 unspecified atom stereocenters. The summed E-state index contributed by atoms with van der Waals surface area (Å²) in [6.45, 7) is 6.89. The van der Waals surface area contributed by atoms with Gasteiger partial charge in [0.1, 0.15) is 17.2 Å². The third-order valence-corrected chi connectivity index (χ3v) is 7.86. The van der Waals surface area contributed by atoms with Crippen molar-refractivity contribution in [3.63, 3.8) is 0 Å². The first kappa shape index (κ1) is 23.2. The highest BCUT2D eigenvalue weighted by molar-refractivity contribution is 5.99. The molecule has 0 bridgehead atoms. The smallest absolute Gasteiger partial charge is 0.268 e. The predicted octanol–water partition coefficient (Wildman–Crippen LogP) is 2.48. The van der Waals surface area contributed by atoms with Gasteiger partial charge in [-0.2, -0.15) is 4.98 Å². The maximum absolute atomic E-state index is 12.7. The number of β-amino-alcohol motifs (C(OH)–C–C–N with tert-alkyl or cyclic N) is 1. The number of aromatic nitrogens is 4. The fourth-order valence-electron chi connectivity index (χ4n) is 6.05. The van der Waals surface area contributed by atoms with Crippen molar-refractivity contribution in [2.75, 3.05) is 49.5 Å². The maximum atomic E-state index is 12.7. The van der Waals surface area contributed by atoms with Crippen LogP contribution in [0.2, 0.25) is 0 Å². The van der Waals surface area contributed by atoms with Gasteiger partial charge in [-0.1, -0.05) is 19.3 Å². The van der Waals surface area contributed by atoms with E-state index < -0.39 is 0 Å². The molecule has 1 saturated carbocycles. The molecule has 1 saturated heterocycles. The first-order valence-corrected chi connectivity index (χ1v) is 13.1. The number of aliphatic hydroxyl groups is 1. The zero-order valence-electron chi connectivity index (χ0n) is 20.8. The highest BCUT2D eigenvalue weighted by Crippen LogP contribution is 2.40. The number of carbonyl (C=O) groups excluding carboxylic acids is 1. The summed E-state index contributed by atoms with van der Waals surface area (Å²) in [5, 5.41) is 16.9. The third kappa shape index (κ3) is 4.28. The van der Waals surface area contributed by atoms with Crippen molar-refractivity contribution in [2.45, 2.75) is 50.7 Å². The van der Waals surface area contributed by atoms with Gasteiger partial charge in [-0.15, -0.1) is 0 Å². The number of nitrogens with zero attached hydrogens (tertiary/aromatic N) is 6. The van der Waals surface area contributed by atoms with E-state index in [1.165, 1.54) is 6.42 Å². The highest BCUT2D eigenvalue weighted by atomic mass is 16.3. The van der Waals surface area contributed by atoms with Gasteiger partial charge in [-0.05, 0) is 38.0 Å². The number of pyridine rings is 1. The molecule has 10 heteroatoms. The number of rotatable bonds is 5. The average molecular weight is 491 g/mol. The third-order valence-electron chi connectivity index (χ3n) is 7.86. The fourth-order valence-corrected chi connectivity index (χ4v) is 6.05. The number of carbonyl (C=O) groups is 1. The molecule has 190 valence electrons. The van der Waals surface area contributed by atoms with E-state index in [2.05, 4.69) is 41.0 Å². The number of fused-ring (bicyclic) bond motifs is 4. The van der Waals surface area contributed by atoms with Crippen LogP contribution in [0.5, 0.6) is 0 Å². The van der Waals surface area contributed by atoms with Gasteiger partial charge in [0.15, 0.2) is 0 Å². The normalized spacial score (nSPS) is 20.8. The molecule has 3 aromatic rings. The molecule has 10 nitrogen and oxygen atoms in total. The van der Waals surface area contributed by atoms with E-state index in [0.717, 1.165) is 75.1 Å². The largest absolute Gasteiger partial charge is 0.392 e. The van der Waals surface area contributed by atoms with Gasteiger partial charge >= 0.3 is 0 Å². The highest BCUT2D eigenvalue weighted by Gasteiger charge is 2.41. The summed E-state index contributed by atoms with van der Waals surface area (Å²) in [7, 11) is 0. The lowest BCUT2D eigenvalue weighted by Crippen LogP contribution is -2.52. The number of hydrogen-bond donors (Lipinski definition) is 3. The van der Waals surface area contributed by atoms with Crippen molar-refractivity contribution in [2.24, 2.45) is 0 Å². The molecule has 1 amide bonds. The summed E-state index contributed by atoms with van der Waals surface area (Å²) < 4.78 is 2.18. The van der Waals surface area contributed by atoms with Crippen molar-refractivity contribution in [3.05, 3.63) is 36.3 Å². The van der Waals surface area contributed by atoms with Crippen LogP contribution in [0.3, 0.4) is 0 Å². The Hall–Kier alpha value is -3.24. The second-order valence-electron chi connectivity index (χ2n) is 10.5. The van der Waals surface area contributed by atoms with E-state index in [0.29, 0.717) is 24.0 Å². The SMILES string of the molecule is C[C@H](O)CN1CCN(c2ccc(Nc3ncc4cc5n(c4n3)C3(CCCCC3)CNC5=O)nc2)CC1. The average Bonchev–Trinajstić information content (AvgIpc) is 3.28. The summed E-state index contributed by atoms with van der Waals surface area (Å²) in [6.07, 6.45) is 9.04. The molecule has 2 aliphatic heterocycles. The van der Waals surface area contributed by atoms with Crippen molar-refractivity contribution in [1.29, 1.82) is 0 Å². The monoisotopic (exact) mass is 490 g/mol. The molecule has 3 aromatic heterocycles. The Labute approximate surface area is 210 Å². The first-order chi connectivity index (χ1) is 17.5. The standard InChI is InChI=1S/C26H34N8O2/c1-18(35)16-32-9-11-33(12-10-32)20-5-6-22(27-15-20)30-25-28-14-19-13-21-24(36)29-17-26(7-3-2-4-8-26)34(21)23(19)31-25/h5-6,13-15,18,35H,2-4,7-12,16-17H2,1H3,(H,29,36)(H,27,28,30,31)/t18-/m0/s1. The second kappa shape index (κ2) is 9.33. The molecule has 1 aliphatic carbocycles. The van der Waals surface area contributed by atoms with Crippen LogP contribution < -0.4 is 15.5 Å². The quantitative estimate of drug-likeness (QED) is 0.500. The lowest BCUT2D eigenvalue weighted by atomic mass is 9.80. The molecule has 36 heavy (non-hydrogen) atoms. The lowest BCUT2D eigenvalue weighted by Gasteiger charge is -2.42. The molecule has 0 radical (unpaired) electrons. The zero-order chi connectivity index (χ0) is 24.7. The van der Waals surface area contributed by atoms with Gasteiger partial charge in [0, 0.05) is 50.9 Å². The van der Waals surface area contributed by atoms with Crippen LogP contribution >= 0.6 is 0 Å². The number of nitrogens with one attached hydrogen (secondary N) is 2. The summed E-state index contributed by atoms with van der Waals surface area (Å²) in [5.74, 6) is 1.12. The first-order valence-electron chi connectivity index (χ1n) is 13.1. The Bertz CT molecular complexity index is 1240. The predicted molar refractivity (Wildman–Crippen MR) is 139 cm³/mol. The summed E-state index contributed by atoms with van der Waals surface area (Å²) in [6, 6.07) is 5.94. The molecule has 1 atom stereocenters. The van der Waals surface area contributed by atoms with Crippen LogP contribution in [0.25, 0.3) is 11.0 Å². The van der Waals surface area contributed by atoms with Crippen LogP contribution in [0, 0.1) is 0 Å². The summed E-state index contributed by atoms with van der Waals surface area (Å²) in [5.41, 5.74) is 2.47. The van der Waals surface area contributed by atoms with Crippen LogP contribution in [0.4, 0.5) is 17.5 Å². The van der Waals surface area contributed by atoms with E-state index in [1.807, 2.05) is 25.3 Å². The van der Waals surface area contributed by atoms with Crippen LogP contribution in [-0.2, 0) is 5.54 Å². The topological polar surface area (TPSA) is 111 Å². The summed E-state index contributed by atoms with van der Waals surface area (Å²) >= 11 is 0. The Balaban J connectivity index is 1.20. The Kier molecular flexibility index (Phi) is 6.00. The van der Waals surface area contributed by atoms with Gasteiger partial charge in [0.25, 0.3) is 5.91 Å². The maximum Gasteiger partial charge on any atom is 0.268 e. The lowest BCUT2D eigenvalue weighted by molar-refractivity contribution is 0.0833. The number of aliphatic hydroxyl groups excluding tert-OH is 1. The number of anilines is 3. The van der Waals surface area contributed by atoms with Gasteiger partial charge in [0.05, 0.1) is 23.5 Å². The van der Waals surface area contributed by atoms with E-state index in [1.54, 1.807) is 6.20 Å². The minimum atomic E-state index is -0.298. The number of amides is 1. The number of hydrogen-bond acceptors (Lipinski definition) is 8. The van der Waals surface area contributed by atoms with E-state index >= 15 is 0 Å². The van der Waals surface area contributed by atoms with Gasteiger partial charge < -0.3 is 25.2 Å². The molecule has 0 aromatic carbocycles. The summed E-state index contributed by atoms with van der Waals surface area (Å²) in [4.78, 5) is 31.2. The molecule has 6 rings (SSSR count). The number of piperazine rings is 1. The van der Waals surface area contributed by atoms with Crippen LogP contribution in [-0.4, -0.2) is 80.8 Å². The Morgan fingerprint density at radius 2 is 1.92 bits per heavy atom. The Morgan fingerprint density at radius 1 is 1.11 bits per heavy atom. The van der Waals surface area contributed by atoms with Gasteiger partial charge in [0.2, 0.25) is 5.95 Å². The molecule has 5 heterocycles. The molecule has 1 spiro atoms. The minimum Gasteiger partial charge on any atom is -0.392 e. The fraction of sp³-hybridized carbons (Fsp3) is 0.538. The van der Waals surface area contributed by atoms with Crippen molar-refractivity contribution < 1.29 is 9.90 Å². The zero-order valence-corrected chi connectivity index (χ0v) is 20.8. The van der Waals surface area contributed by atoms with Gasteiger partial charge in [-0.3, -0.25) is 9.69 Å². The van der Waals surface area contributed by atoms with Crippen LogP contribution in [0.15, 0.2) is 30.6 Å². The van der Waals surface area contributed by atoms with Gasteiger partial charge in [-0.25, -0.2) is 9.97 Å². The van der Waals surface area contributed by atoms with E-state index in [-0.39, 0.29) is 17.6 Å². The van der Waals surface area contributed by atoms with Crippen molar-refractivity contribution in [1.82, 2.24) is 29.7 Å². The molecular formula is C26H34N8O2. The Morgan fingerprint density at radius 3 is 2.64 bits per heavy atom. The minimum absolute atomic E-state index is 0.0392. The van der Waals surface area contributed by atoms with Crippen molar-refractivity contribution >= 4 is 34.4 Å². The van der Waals surface area contributed by atoms with Crippen molar-refractivity contribution in [3.8, 4) is 0 Å².